The number of ether oxygens (including phenoxy) is 3. The summed E-state index contributed by atoms with van der Waals surface area (Å²) in [6.45, 7) is 2.13. The normalized spacial score (nSPS) is 10.9. The van der Waals surface area contributed by atoms with Crippen LogP contribution in [0.25, 0.3) is 10.9 Å². The molecule has 0 amide bonds. The summed E-state index contributed by atoms with van der Waals surface area (Å²) in [4.78, 5) is 49.5. The van der Waals surface area contributed by atoms with Gasteiger partial charge in [0, 0.05) is 35.5 Å². The van der Waals surface area contributed by atoms with Crippen LogP contribution in [0.1, 0.15) is 97.4 Å². The van der Waals surface area contributed by atoms with Gasteiger partial charge >= 0.3 is 11.9 Å². The van der Waals surface area contributed by atoms with Crippen LogP contribution in [-0.4, -0.2) is 48.9 Å². The van der Waals surface area contributed by atoms with Crippen LogP contribution in [0, 0.1) is 0 Å². The van der Waals surface area contributed by atoms with E-state index in [1.165, 1.54) is 58.3 Å². The lowest BCUT2D eigenvalue weighted by Gasteiger charge is -2.09. The molecule has 42 heavy (non-hydrogen) atoms. The van der Waals surface area contributed by atoms with E-state index in [1.807, 2.05) is 24.3 Å². The van der Waals surface area contributed by atoms with E-state index in [2.05, 4.69) is 11.7 Å². The Kier molecular flexibility index (Phi) is 13.3. The number of fused-ring (bicyclic) bond motifs is 1. The average molecular weight is 578 g/mol. The standard InChI is InChI=1S/C34H43NO7/c1-4-5-6-7-8-9-12-25-15-18-28(19-16-25)42-24-27(36)22-35-23-30(32(37)13-10-11-14-33(38)40-2)29-21-26(34(39)41-3)17-20-31(29)35/h15-21,23H,4-14,22,24H2,1-3H3. The summed E-state index contributed by atoms with van der Waals surface area (Å²) in [6.07, 6.45) is 11.8. The van der Waals surface area contributed by atoms with Gasteiger partial charge in [-0.3, -0.25) is 14.4 Å². The maximum Gasteiger partial charge on any atom is 0.337 e. The number of Topliss-reactive ketones (excluding diaryl/α,β-unsaturated/α-hetero) is 2. The molecular weight excluding hydrogens is 534 g/mol. The van der Waals surface area contributed by atoms with Crippen molar-refractivity contribution in [1.82, 2.24) is 4.57 Å². The highest BCUT2D eigenvalue weighted by Gasteiger charge is 2.19. The fourth-order valence-electron chi connectivity index (χ4n) is 4.95. The van der Waals surface area contributed by atoms with Crippen LogP contribution in [0.15, 0.2) is 48.7 Å². The first-order valence-electron chi connectivity index (χ1n) is 14.9. The summed E-state index contributed by atoms with van der Waals surface area (Å²) in [6, 6.07) is 12.8. The Labute approximate surface area is 248 Å². The van der Waals surface area contributed by atoms with Gasteiger partial charge in [-0.25, -0.2) is 4.79 Å². The molecule has 0 bridgehead atoms. The van der Waals surface area contributed by atoms with Crippen molar-refractivity contribution >= 4 is 34.4 Å². The second-order valence-corrected chi connectivity index (χ2v) is 10.6. The van der Waals surface area contributed by atoms with Gasteiger partial charge in [-0.15, -0.1) is 0 Å². The summed E-state index contributed by atoms with van der Waals surface area (Å²) >= 11 is 0. The van der Waals surface area contributed by atoms with E-state index < -0.39 is 5.97 Å². The number of aryl methyl sites for hydroxylation is 1. The van der Waals surface area contributed by atoms with Crippen LogP contribution in [-0.2, 0) is 32.0 Å². The number of ketones is 2. The molecule has 1 heterocycles. The molecule has 0 spiro atoms. The molecule has 0 aliphatic rings. The monoisotopic (exact) mass is 577 g/mol. The molecule has 0 saturated carbocycles. The van der Waals surface area contributed by atoms with Gasteiger partial charge in [-0.05, 0) is 61.6 Å². The van der Waals surface area contributed by atoms with Crippen LogP contribution in [0.3, 0.4) is 0 Å². The minimum absolute atomic E-state index is 0.0137. The maximum absolute atomic E-state index is 13.1. The largest absolute Gasteiger partial charge is 0.486 e. The van der Waals surface area contributed by atoms with Crippen molar-refractivity contribution in [2.45, 2.75) is 84.1 Å². The van der Waals surface area contributed by atoms with Gasteiger partial charge in [-0.1, -0.05) is 51.2 Å². The molecule has 0 saturated heterocycles. The van der Waals surface area contributed by atoms with Crippen molar-refractivity contribution in [2.24, 2.45) is 0 Å². The van der Waals surface area contributed by atoms with Gasteiger partial charge in [-0.2, -0.15) is 0 Å². The minimum atomic E-state index is -0.511. The van der Waals surface area contributed by atoms with Gasteiger partial charge in [0.05, 0.1) is 26.3 Å². The van der Waals surface area contributed by atoms with E-state index in [-0.39, 0.29) is 43.5 Å². The zero-order valence-corrected chi connectivity index (χ0v) is 25.1. The lowest BCUT2D eigenvalue weighted by Crippen LogP contribution is -2.17. The van der Waals surface area contributed by atoms with Gasteiger partial charge in [0.25, 0.3) is 0 Å². The van der Waals surface area contributed by atoms with E-state index in [1.54, 1.807) is 29.0 Å². The summed E-state index contributed by atoms with van der Waals surface area (Å²) in [7, 11) is 2.63. The summed E-state index contributed by atoms with van der Waals surface area (Å²) in [5.41, 5.74) is 2.66. The molecule has 0 aliphatic heterocycles. The first kappa shape index (κ1) is 32.6. The van der Waals surface area contributed by atoms with Crippen molar-refractivity contribution in [3.8, 4) is 5.75 Å². The summed E-state index contributed by atoms with van der Waals surface area (Å²) in [5.74, 6) is -0.472. The number of hydrogen-bond donors (Lipinski definition) is 0. The Morgan fingerprint density at radius 1 is 0.786 bits per heavy atom. The number of aromatic nitrogens is 1. The molecule has 3 rings (SSSR count). The number of benzene rings is 2. The van der Waals surface area contributed by atoms with Crippen LogP contribution in [0.5, 0.6) is 5.75 Å². The Bertz CT molecular complexity index is 1340. The molecule has 1 aromatic heterocycles. The van der Waals surface area contributed by atoms with Crippen LogP contribution >= 0.6 is 0 Å². The molecule has 0 atom stereocenters. The summed E-state index contributed by atoms with van der Waals surface area (Å²) < 4.78 is 17.0. The van der Waals surface area contributed by atoms with Gasteiger partial charge < -0.3 is 18.8 Å². The number of esters is 2. The van der Waals surface area contributed by atoms with E-state index in [9.17, 15) is 19.2 Å². The van der Waals surface area contributed by atoms with Crippen molar-refractivity contribution in [2.75, 3.05) is 20.8 Å². The molecule has 8 heteroatoms. The third kappa shape index (κ3) is 9.86. The third-order valence-electron chi connectivity index (χ3n) is 7.35. The van der Waals surface area contributed by atoms with Crippen LogP contribution < -0.4 is 4.74 Å². The lowest BCUT2D eigenvalue weighted by molar-refractivity contribution is -0.140. The highest BCUT2D eigenvalue weighted by molar-refractivity contribution is 6.09. The van der Waals surface area contributed by atoms with Crippen LogP contribution in [0.4, 0.5) is 0 Å². The summed E-state index contributed by atoms with van der Waals surface area (Å²) in [5, 5.41) is 0.575. The number of carbonyl (C=O) groups excluding carboxylic acids is 4. The Balaban J connectivity index is 1.61. The second-order valence-electron chi connectivity index (χ2n) is 10.6. The highest BCUT2D eigenvalue weighted by atomic mass is 16.5. The fourth-order valence-corrected chi connectivity index (χ4v) is 4.95. The van der Waals surface area contributed by atoms with E-state index in [0.29, 0.717) is 40.6 Å². The van der Waals surface area contributed by atoms with E-state index in [0.717, 1.165) is 6.42 Å². The first-order chi connectivity index (χ1) is 20.4. The second kappa shape index (κ2) is 17.1. The molecule has 0 radical (unpaired) electrons. The van der Waals surface area contributed by atoms with Crippen molar-refractivity contribution in [1.29, 1.82) is 0 Å². The highest BCUT2D eigenvalue weighted by Crippen LogP contribution is 2.26. The predicted octanol–water partition coefficient (Wildman–Crippen LogP) is 6.90. The fraction of sp³-hybridized carbons (Fsp3) is 0.471. The van der Waals surface area contributed by atoms with Crippen LogP contribution in [0.2, 0.25) is 0 Å². The molecule has 3 aromatic rings. The van der Waals surface area contributed by atoms with Gasteiger partial charge in [0.1, 0.15) is 12.4 Å². The van der Waals surface area contributed by atoms with Crippen molar-refractivity contribution in [3.63, 3.8) is 0 Å². The van der Waals surface area contributed by atoms with E-state index >= 15 is 0 Å². The molecule has 0 aliphatic carbocycles. The molecule has 2 aromatic carbocycles. The molecule has 0 N–H and O–H groups in total. The number of rotatable bonds is 19. The van der Waals surface area contributed by atoms with Crippen molar-refractivity contribution in [3.05, 3.63) is 65.4 Å². The first-order valence-corrected chi connectivity index (χ1v) is 14.9. The van der Waals surface area contributed by atoms with E-state index in [4.69, 9.17) is 9.47 Å². The predicted molar refractivity (Wildman–Crippen MR) is 162 cm³/mol. The number of unbranched alkanes of at least 4 members (excludes halogenated alkanes) is 6. The third-order valence-corrected chi connectivity index (χ3v) is 7.35. The number of nitrogens with zero attached hydrogens (tertiary/aromatic N) is 1. The molecule has 226 valence electrons. The topological polar surface area (TPSA) is 101 Å². The maximum atomic E-state index is 13.1. The number of methoxy groups -OCH3 is 2. The zero-order valence-electron chi connectivity index (χ0n) is 25.1. The van der Waals surface area contributed by atoms with Gasteiger partial charge in [0.15, 0.2) is 11.6 Å². The minimum Gasteiger partial charge on any atom is -0.486 e. The smallest absolute Gasteiger partial charge is 0.337 e. The quantitative estimate of drug-likeness (QED) is 0.0868. The number of carbonyl (C=O) groups is 4. The molecule has 0 unspecified atom stereocenters. The average Bonchev–Trinajstić information content (AvgIpc) is 3.37. The number of hydrogen-bond acceptors (Lipinski definition) is 7. The Morgan fingerprint density at radius 2 is 1.50 bits per heavy atom. The molecule has 0 fully saturated rings. The molecular formula is C34H43NO7. The SMILES string of the molecule is CCCCCCCCc1ccc(OCC(=O)Cn2cc(C(=O)CCCCC(=O)OC)c3cc(C(=O)OC)ccc32)cc1. The lowest BCUT2D eigenvalue weighted by atomic mass is 10.0. The molecule has 8 nitrogen and oxygen atoms in total. The van der Waals surface area contributed by atoms with Crippen molar-refractivity contribution < 1.29 is 33.4 Å². The zero-order chi connectivity index (χ0) is 30.3. The Hall–Kier alpha value is -3.94. The van der Waals surface area contributed by atoms with Gasteiger partial charge in [0.2, 0.25) is 0 Å². The Morgan fingerprint density at radius 3 is 2.21 bits per heavy atom.